The molecule has 0 amide bonds. The highest BCUT2D eigenvalue weighted by Gasteiger charge is 2.23. The summed E-state index contributed by atoms with van der Waals surface area (Å²) < 4.78 is 7.27. The molecule has 7 heteroatoms. The van der Waals surface area contributed by atoms with E-state index < -0.39 is 0 Å². The molecular formula is C20H23ClN4O2. The molecule has 1 N–H and O–H groups in total. The van der Waals surface area contributed by atoms with E-state index in [0.717, 1.165) is 50.1 Å². The second kappa shape index (κ2) is 7.84. The van der Waals surface area contributed by atoms with Crippen molar-refractivity contribution in [2.45, 2.75) is 13.0 Å². The van der Waals surface area contributed by atoms with Crippen molar-refractivity contribution in [1.82, 2.24) is 19.4 Å². The maximum atomic E-state index is 12.6. The average molecular weight is 387 g/mol. The van der Waals surface area contributed by atoms with Crippen LogP contribution in [-0.2, 0) is 11.3 Å². The molecule has 1 aromatic carbocycles. The number of benzene rings is 1. The highest BCUT2D eigenvalue weighted by atomic mass is 35.5. The van der Waals surface area contributed by atoms with Crippen LogP contribution >= 0.6 is 11.6 Å². The highest BCUT2D eigenvalue weighted by molar-refractivity contribution is 6.31. The molecule has 27 heavy (non-hydrogen) atoms. The fraction of sp³-hybridized carbons (Fsp3) is 0.400. The number of imidazole rings is 1. The summed E-state index contributed by atoms with van der Waals surface area (Å²) in [4.78, 5) is 22.4. The van der Waals surface area contributed by atoms with Crippen LogP contribution in [0.15, 0.2) is 41.5 Å². The van der Waals surface area contributed by atoms with Gasteiger partial charge in [-0.15, -0.1) is 0 Å². The number of halogens is 1. The van der Waals surface area contributed by atoms with Gasteiger partial charge in [-0.1, -0.05) is 17.7 Å². The molecule has 1 atom stereocenters. The van der Waals surface area contributed by atoms with E-state index in [4.69, 9.17) is 16.3 Å². The molecule has 6 nitrogen and oxygen atoms in total. The lowest BCUT2D eigenvalue weighted by Gasteiger charge is -2.16. The van der Waals surface area contributed by atoms with Gasteiger partial charge in [0.1, 0.15) is 5.82 Å². The lowest BCUT2D eigenvalue weighted by Crippen LogP contribution is -2.25. The van der Waals surface area contributed by atoms with Gasteiger partial charge in [0.05, 0.1) is 12.2 Å². The Morgan fingerprint density at radius 3 is 3.11 bits per heavy atom. The van der Waals surface area contributed by atoms with Gasteiger partial charge in [-0.05, 0) is 42.5 Å². The van der Waals surface area contributed by atoms with Gasteiger partial charge in [0, 0.05) is 49.7 Å². The molecule has 0 radical (unpaired) electrons. The van der Waals surface area contributed by atoms with Crippen LogP contribution in [0.3, 0.4) is 0 Å². The molecule has 1 unspecified atom stereocenters. The van der Waals surface area contributed by atoms with Crippen molar-refractivity contribution in [3.63, 3.8) is 0 Å². The zero-order chi connectivity index (χ0) is 18.8. The van der Waals surface area contributed by atoms with E-state index in [1.165, 1.54) is 0 Å². The Kier molecular flexibility index (Phi) is 5.29. The third kappa shape index (κ3) is 3.93. The van der Waals surface area contributed by atoms with Crippen LogP contribution in [0, 0.1) is 5.92 Å². The summed E-state index contributed by atoms with van der Waals surface area (Å²) in [5, 5.41) is 1.54. The quantitative estimate of drug-likeness (QED) is 0.707. The number of aromatic nitrogens is 3. The summed E-state index contributed by atoms with van der Waals surface area (Å²) in [5.41, 5.74) is 1.17. The highest BCUT2D eigenvalue weighted by Crippen LogP contribution is 2.24. The number of pyridine rings is 1. The van der Waals surface area contributed by atoms with Crippen LogP contribution in [0.4, 0.5) is 0 Å². The zero-order valence-corrected chi connectivity index (χ0v) is 16.1. The number of nitrogens with one attached hydrogen (secondary N) is 1. The Bertz CT molecular complexity index is 997. The van der Waals surface area contributed by atoms with Crippen LogP contribution in [-0.4, -0.2) is 52.8 Å². The molecule has 1 aliphatic heterocycles. The van der Waals surface area contributed by atoms with Crippen LogP contribution in [0.25, 0.3) is 22.3 Å². The molecule has 1 aliphatic rings. The summed E-state index contributed by atoms with van der Waals surface area (Å²) in [6.45, 7) is 4.73. The maximum absolute atomic E-state index is 12.6. The number of likely N-dealkylation sites (tertiary alicyclic amines) is 1. The van der Waals surface area contributed by atoms with Crippen LogP contribution in [0.2, 0.25) is 5.02 Å². The van der Waals surface area contributed by atoms with Gasteiger partial charge in [-0.3, -0.25) is 4.79 Å². The molecule has 1 saturated heterocycles. The van der Waals surface area contributed by atoms with E-state index in [-0.39, 0.29) is 5.56 Å². The van der Waals surface area contributed by atoms with Gasteiger partial charge in [0.15, 0.2) is 0 Å². The Morgan fingerprint density at radius 2 is 2.26 bits per heavy atom. The Labute approximate surface area is 162 Å². The second-order valence-electron chi connectivity index (χ2n) is 7.10. The van der Waals surface area contributed by atoms with E-state index in [2.05, 4.69) is 19.4 Å². The van der Waals surface area contributed by atoms with Crippen molar-refractivity contribution in [1.29, 1.82) is 0 Å². The van der Waals surface area contributed by atoms with Crippen molar-refractivity contribution in [2.24, 2.45) is 5.92 Å². The van der Waals surface area contributed by atoms with Crippen molar-refractivity contribution in [2.75, 3.05) is 33.4 Å². The number of ether oxygens (including phenoxy) is 1. The SMILES string of the molecule is COCCN1CCC(Cn2ccnc2-c2cc3ccc(Cl)cc3[nH]c2=O)C1. The molecule has 0 aliphatic carbocycles. The molecule has 0 spiro atoms. The molecular weight excluding hydrogens is 364 g/mol. The van der Waals surface area contributed by atoms with Gasteiger partial charge in [0.25, 0.3) is 5.56 Å². The predicted octanol–water partition coefficient (Wildman–Crippen LogP) is 3.01. The molecule has 0 bridgehead atoms. The van der Waals surface area contributed by atoms with Gasteiger partial charge in [-0.25, -0.2) is 4.98 Å². The lowest BCUT2D eigenvalue weighted by molar-refractivity contribution is 0.158. The standard InChI is InChI=1S/C20H23ClN4O2/c1-27-9-8-24-6-4-14(12-24)13-25-7-5-22-19(25)17-10-15-2-3-16(21)11-18(15)23-20(17)26/h2-3,5,7,10-11,14H,4,6,8-9,12-13H2,1H3,(H,23,26). The lowest BCUT2D eigenvalue weighted by atomic mass is 10.1. The number of hydrogen-bond acceptors (Lipinski definition) is 4. The average Bonchev–Trinajstić information content (AvgIpc) is 3.29. The number of methoxy groups -OCH3 is 1. The first-order chi connectivity index (χ1) is 13.1. The minimum absolute atomic E-state index is 0.148. The van der Waals surface area contributed by atoms with Crippen molar-refractivity contribution in [3.8, 4) is 11.4 Å². The zero-order valence-electron chi connectivity index (χ0n) is 15.3. The first-order valence-electron chi connectivity index (χ1n) is 9.19. The minimum Gasteiger partial charge on any atom is -0.383 e. The van der Waals surface area contributed by atoms with Crippen molar-refractivity contribution < 1.29 is 4.74 Å². The largest absolute Gasteiger partial charge is 0.383 e. The molecule has 2 aromatic heterocycles. The number of fused-ring (bicyclic) bond motifs is 1. The van der Waals surface area contributed by atoms with Gasteiger partial charge >= 0.3 is 0 Å². The second-order valence-corrected chi connectivity index (χ2v) is 7.53. The van der Waals surface area contributed by atoms with E-state index in [9.17, 15) is 4.79 Å². The Balaban J connectivity index is 1.57. The summed E-state index contributed by atoms with van der Waals surface area (Å²) in [6.07, 6.45) is 4.87. The van der Waals surface area contributed by atoms with Crippen LogP contribution < -0.4 is 5.56 Å². The number of aromatic amines is 1. The number of H-pyrrole nitrogens is 1. The fourth-order valence-electron chi connectivity index (χ4n) is 3.80. The summed E-state index contributed by atoms with van der Waals surface area (Å²) in [6, 6.07) is 7.39. The van der Waals surface area contributed by atoms with E-state index in [0.29, 0.717) is 22.3 Å². The molecule has 3 aromatic rings. The smallest absolute Gasteiger partial charge is 0.259 e. The molecule has 142 valence electrons. The normalized spacial score (nSPS) is 17.8. The summed E-state index contributed by atoms with van der Waals surface area (Å²) in [5.74, 6) is 1.26. The molecule has 4 rings (SSSR count). The Morgan fingerprint density at radius 1 is 1.37 bits per heavy atom. The monoisotopic (exact) mass is 386 g/mol. The topological polar surface area (TPSA) is 63.1 Å². The number of hydrogen-bond donors (Lipinski definition) is 1. The fourth-order valence-corrected chi connectivity index (χ4v) is 3.98. The molecule has 1 fully saturated rings. The minimum atomic E-state index is -0.148. The summed E-state index contributed by atoms with van der Waals surface area (Å²) >= 11 is 6.02. The van der Waals surface area contributed by atoms with Crippen molar-refractivity contribution >= 4 is 22.5 Å². The third-order valence-corrected chi connectivity index (χ3v) is 5.44. The van der Waals surface area contributed by atoms with Crippen LogP contribution in [0.1, 0.15) is 6.42 Å². The van der Waals surface area contributed by atoms with E-state index in [1.807, 2.05) is 24.4 Å². The predicted molar refractivity (Wildman–Crippen MR) is 107 cm³/mol. The van der Waals surface area contributed by atoms with Crippen LogP contribution in [0.5, 0.6) is 0 Å². The number of rotatable bonds is 6. The number of nitrogens with zero attached hydrogens (tertiary/aromatic N) is 3. The van der Waals surface area contributed by atoms with Gasteiger partial charge in [-0.2, -0.15) is 0 Å². The van der Waals surface area contributed by atoms with Crippen molar-refractivity contribution in [3.05, 3.63) is 52.0 Å². The molecule has 3 heterocycles. The van der Waals surface area contributed by atoms with Gasteiger partial charge < -0.3 is 19.2 Å². The Hall–Kier alpha value is -2.15. The van der Waals surface area contributed by atoms with Gasteiger partial charge in [0.2, 0.25) is 0 Å². The van der Waals surface area contributed by atoms with E-state index >= 15 is 0 Å². The maximum Gasteiger partial charge on any atom is 0.259 e. The molecule has 0 saturated carbocycles. The summed E-state index contributed by atoms with van der Waals surface area (Å²) in [7, 11) is 1.74. The third-order valence-electron chi connectivity index (χ3n) is 5.20. The first kappa shape index (κ1) is 18.2. The van der Waals surface area contributed by atoms with E-state index in [1.54, 1.807) is 19.4 Å². The first-order valence-corrected chi connectivity index (χ1v) is 9.57.